The number of aromatic nitrogens is 2. The highest BCUT2D eigenvalue weighted by atomic mass is 19.4. The number of nitrogens with zero attached hydrogens (tertiary/aromatic N) is 3. The van der Waals surface area contributed by atoms with Crippen LogP contribution >= 0.6 is 0 Å². The van der Waals surface area contributed by atoms with Crippen LogP contribution in [0.1, 0.15) is 20.3 Å². The molecule has 0 spiro atoms. The van der Waals surface area contributed by atoms with Gasteiger partial charge in [-0.15, -0.1) is 13.2 Å². The number of hydrogen-bond donors (Lipinski definition) is 1. The molecule has 1 N–H and O–H groups in total. The van der Waals surface area contributed by atoms with Gasteiger partial charge >= 0.3 is 6.36 Å². The van der Waals surface area contributed by atoms with Crippen LogP contribution in [-0.2, 0) is 4.79 Å². The zero-order valence-corrected chi connectivity index (χ0v) is 14.6. The summed E-state index contributed by atoms with van der Waals surface area (Å²) in [5, 5.41) is 3.37. The van der Waals surface area contributed by atoms with Crippen LogP contribution < -0.4 is 10.1 Å². The first-order chi connectivity index (χ1) is 12.6. The van der Waals surface area contributed by atoms with E-state index in [0.717, 1.165) is 12.1 Å². The molecule has 1 aliphatic rings. The Balaban J connectivity index is 1.79. The molecule has 27 heavy (non-hydrogen) atoms. The third-order valence-electron chi connectivity index (χ3n) is 4.37. The smallest absolute Gasteiger partial charge is 0.406 e. The van der Waals surface area contributed by atoms with Crippen molar-refractivity contribution in [1.29, 1.82) is 0 Å². The number of likely N-dealkylation sites (tertiary alicyclic amines) is 1. The number of rotatable bonds is 4. The van der Waals surface area contributed by atoms with Gasteiger partial charge in [-0.2, -0.15) is 0 Å². The fourth-order valence-corrected chi connectivity index (χ4v) is 3.14. The van der Waals surface area contributed by atoms with Crippen LogP contribution in [0.25, 0.3) is 10.9 Å². The molecular formula is C17H18F4N4O2. The van der Waals surface area contributed by atoms with Crippen molar-refractivity contribution >= 4 is 22.6 Å². The summed E-state index contributed by atoms with van der Waals surface area (Å²) in [5.41, 5.74) is 0.229. The third kappa shape index (κ3) is 4.37. The number of alkyl halides is 4. The minimum absolute atomic E-state index is 0.0503. The Morgan fingerprint density at radius 3 is 2.74 bits per heavy atom. The van der Waals surface area contributed by atoms with E-state index in [1.54, 1.807) is 13.8 Å². The second-order valence-electron chi connectivity index (χ2n) is 6.49. The molecule has 1 aromatic heterocycles. The highest BCUT2D eigenvalue weighted by Crippen LogP contribution is 2.28. The maximum atomic E-state index is 13.5. The first kappa shape index (κ1) is 19.1. The second kappa shape index (κ2) is 7.16. The summed E-state index contributed by atoms with van der Waals surface area (Å²) in [4.78, 5) is 22.0. The van der Waals surface area contributed by atoms with Crippen molar-refractivity contribution in [2.45, 2.75) is 44.9 Å². The maximum Gasteiger partial charge on any atom is 0.573 e. The van der Waals surface area contributed by atoms with Crippen LogP contribution in [0.15, 0.2) is 24.5 Å². The Hall–Kier alpha value is -2.65. The number of hydrogen-bond acceptors (Lipinski definition) is 5. The second-order valence-corrected chi connectivity index (χ2v) is 6.49. The van der Waals surface area contributed by atoms with Gasteiger partial charge in [0.05, 0.1) is 12.1 Å². The Kier molecular flexibility index (Phi) is 5.07. The Labute approximate surface area is 152 Å². The molecule has 3 rings (SSSR count). The topological polar surface area (TPSA) is 67.4 Å². The zero-order chi connectivity index (χ0) is 19.8. The third-order valence-corrected chi connectivity index (χ3v) is 4.37. The molecule has 0 saturated carbocycles. The van der Waals surface area contributed by atoms with Crippen LogP contribution in [0, 0.1) is 0 Å². The van der Waals surface area contributed by atoms with Gasteiger partial charge in [-0.3, -0.25) is 4.79 Å². The molecule has 1 aliphatic heterocycles. The fraction of sp³-hybridized carbons (Fsp3) is 0.471. The number of fused-ring (bicyclic) bond motifs is 1. The lowest BCUT2D eigenvalue weighted by Gasteiger charge is -2.25. The van der Waals surface area contributed by atoms with Gasteiger partial charge < -0.3 is 15.0 Å². The van der Waals surface area contributed by atoms with Crippen molar-refractivity contribution in [1.82, 2.24) is 14.9 Å². The van der Waals surface area contributed by atoms with E-state index >= 15 is 0 Å². The van der Waals surface area contributed by atoms with E-state index in [9.17, 15) is 22.4 Å². The van der Waals surface area contributed by atoms with Gasteiger partial charge in [0.25, 0.3) is 0 Å². The van der Waals surface area contributed by atoms with E-state index in [1.807, 2.05) is 0 Å². The minimum Gasteiger partial charge on any atom is -0.406 e. The van der Waals surface area contributed by atoms with E-state index in [1.165, 1.54) is 17.3 Å². The average Bonchev–Trinajstić information content (AvgIpc) is 2.91. The number of benzene rings is 1. The molecule has 2 heterocycles. The number of amides is 1. The number of halogens is 4. The molecule has 146 valence electrons. The predicted molar refractivity (Wildman–Crippen MR) is 90.0 cm³/mol. The average molecular weight is 386 g/mol. The highest BCUT2D eigenvalue weighted by molar-refractivity contribution is 5.92. The molecule has 0 radical (unpaired) electrons. The summed E-state index contributed by atoms with van der Waals surface area (Å²) < 4.78 is 54.5. The van der Waals surface area contributed by atoms with Crippen LogP contribution in [0.2, 0.25) is 0 Å². The van der Waals surface area contributed by atoms with E-state index in [2.05, 4.69) is 20.0 Å². The van der Waals surface area contributed by atoms with Crippen molar-refractivity contribution in [3.8, 4) is 5.75 Å². The van der Waals surface area contributed by atoms with Crippen molar-refractivity contribution < 1.29 is 27.1 Å². The van der Waals surface area contributed by atoms with Gasteiger partial charge in [-0.05, 0) is 26.0 Å². The van der Waals surface area contributed by atoms with E-state index in [-0.39, 0.29) is 24.0 Å². The van der Waals surface area contributed by atoms with Crippen molar-refractivity contribution in [3.63, 3.8) is 0 Å². The number of anilines is 1. The normalized spacial score (nSPS) is 21.3. The number of ether oxygens (including phenoxy) is 1. The van der Waals surface area contributed by atoms with Gasteiger partial charge in [0, 0.05) is 23.9 Å². The van der Waals surface area contributed by atoms with Crippen molar-refractivity contribution in [3.05, 3.63) is 24.5 Å². The lowest BCUT2D eigenvalue weighted by molar-refractivity contribution is -0.274. The lowest BCUT2D eigenvalue weighted by atomic mass is 10.2. The Morgan fingerprint density at radius 1 is 1.37 bits per heavy atom. The van der Waals surface area contributed by atoms with Crippen LogP contribution in [0.3, 0.4) is 0 Å². The molecule has 2 aromatic rings. The van der Waals surface area contributed by atoms with E-state index in [4.69, 9.17) is 0 Å². The summed E-state index contributed by atoms with van der Waals surface area (Å²) >= 11 is 0. The Morgan fingerprint density at radius 2 is 2.11 bits per heavy atom. The summed E-state index contributed by atoms with van der Waals surface area (Å²) in [7, 11) is 0. The van der Waals surface area contributed by atoms with Crippen molar-refractivity contribution in [2.75, 3.05) is 11.9 Å². The number of carbonyl (C=O) groups excluding carboxylic acids is 1. The molecule has 1 amide bonds. The van der Waals surface area contributed by atoms with Gasteiger partial charge in [-0.1, -0.05) is 0 Å². The summed E-state index contributed by atoms with van der Waals surface area (Å²) in [5.74, 6) is -0.377. The van der Waals surface area contributed by atoms with Crippen LogP contribution in [0.5, 0.6) is 5.75 Å². The first-order valence-electron chi connectivity index (χ1n) is 8.35. The molecular weight excluding hydrogens is 368 g/mol. The van der Waals surface area contributed by atoms with Crippen LogP contribution in [0.4, 0.5) is 23.4 Å². The van der Waals surface area contributed by atoms with Gasteiger partial charge in [0.15, 0.2) is 0 Å². The molecule has 3 atom stereocenters. The quantitative estimate of drug-likeness (QED) is 0.817. The van der Waals surface area contributed by atoms with Gasteiger partial charge in [-0.25, -0.2) is 14.4 Å². The summed E-state index contributed by atoms with van der Waals surface area (Å²) in [6.07, 6.45) is -4.36. The van der Waals surface area contributed by atoms with Gasteiger partial charge in [0.1, 0.15) is 30.1 Å². The molecule has 1 fully saturated rings. The lowest BCUT2D eigenvalue weighted by Crippen LogP contribution is -2.43. The zero-order valence-electron chi connectivity index (χ0n) is 14.6. The molecule has 1 aromatic carbocycles. The number of nitrogens with one attached hydrogen (secondary N) is 1. The molecule has 1 saturated heterocycles. The standard InChI is InChI=1S/C17H18F4N4O2/c1-9-5-11(18)7-25(9)16(26)10(2)24-15-13-4-3-12(27-17(19,20)21)6-14(13)22-8-23-15/h3-4,6,8-11H,5,7H2,1-2H3,(H,22,23,24)/t9-,10+,11+/m0/s1. The molecule has 0 bridgehead atoms. The summed E-state index contributed by atoms with van der Waals surface area (Å²) in [6.45, 7) is 3.46. The van der Waals surface area contributed by atoms with E-state index in [0.29, 0.717) is 17.6 Å². The summed E-state index contributed by atoms with van der Waals surface area (Å²) in [6, 6.07) is 2.78. The van der Waals surface area contributed by atoms with Crippen LogP contribution in [-0.4, -0.2) is 51.9 Å². The molecule has 0 unspecified atom stereocenters. The highest BCUT2D eigenvalue weighted by Gasteiger charge is 2.34. The van der Waals surface area contributed by atoms with Gasteiger partial charge in [0.2, 0.25) is 5.91 Å². The first-order valence-corrected chi connectivity index (χ1v) is 8.35. The molecule has 0 aliphatic carbocycles. The SMILES string of the molecule is C[C@@H](Nc1ncnc2cc(OC(F)(F)F)ccc12)C(=O)N1C[C@H](F)C[C@@H]1C. The molecule has 10 heteroatoms. The minimum atomic E-state index is -4.80. The van der Waals surface area contributed by atoms with E-state index < -0.39 is 24.3 Å². The Bertz CT molecular complexity index is 845. The molecule has 6 nitrogen and oxygen atoms in total. The predicted octanol–water partition coefficient (Wildman–Crippen LogP) is 3.29. The maximum absolute atomic E-state index is 13.5. The van der Waals surface area contributed by atoms with Crippen molar-refractivity contribution in [2.24, 2.45) is 0 Å². The monoisotopic (exact) mass is 386 g/mol. The fourth-order valence-electron chi connectivity index (χ4n) is 3.14. The number of carbonyl (C=O) groups is 1. The largest absolute Gasteiger partial charge is 0.573 e.